The molecule has 0 N–H and O–H groups in total. The Bertz CT molecular complexity index is 5870. The first-order valence-corrected chi connectivity index (χ1v) is 38.0. The molecule has 2 heteroatoms. The Balaban J connectivity index is 0.814. The van der Waals surface area contributed by atoms with Gasteiger partial charge in [-0.1, -0.05) is 296 Å². The fourth-order valence-corrected chi connectivity index (χ4v) is 18.8. The summed E-state index contributed by atoms with van der Waals surface area (Å²) in [6.45, 7) is 17.5. The van der Waals surface area contributed by atoms with Crippen LogP contribution in [0.2, 0.25) is 0 Å². The van der Waals surface area contributed by atoms with E-state index in [2.05, 4.69) is 378 Å². The van der Waals surface area contributed by atoms with E-state index in [9.17, 15) is 0 Å². The maximum atomic E-state index is 4.26. The minimum atomic E-state index is -0.504. The average molecular weight is 1360 g/mol. The molecule has 0 aliphatic heterocycles. The van der Waals surface area contributed by atoms with Gasteiger partial charge in [-0.05, 0) is 261 Å². The molecule has 0 spiro atoms. The summed E-state index contributed by atoms with van der Waals surface area (Å²) < 4.78 is 0. The molecule has 3 atom stereocenters. The van der Waals surface area contributed by atoms with Gasteiger partial charge in [0.2, 0.25) is 0 Å². The highest BCUT2D eigenvalue weighted by Gasteiger charge is 2.49. The third-order valence-electron chi connectivity index (χ3n) is 23.9. The molecule has 4 aliphatic rings. The Morgan fingerprint density at radius 3 is 1.46 bits per heavy atom. The van der Waals surface area contributed by atoms with E-state index in [0.29, 0.717) is 5.92 Å². The summed E-state index contributed by atoms with van der Waals surface area (Å²) in [5, 5.41) is 4.70. The van der Waals surface area contributed by atoms with Crippen LogP contribution >= 0.6 is 0 Å². The molecule has 0 saturated carbocycles. The summed E-state index contributed by atoms with van der Waals surface area (Å²) in [7, 11) is 0. The average Bonchev–Trinajstić information content (AvgIpc) is 1.54. The maximum absolute atomic E-state index is 4.26. The molecule has 0 fully saturated rings. The van der Waals surface area contributed by atoms with Crippen molar-refractivity contribution in [1.29, 1.82) is 0 Å². The number of hydrogen-bond donors (Lipinski definition) is 0. The molecule has 3 unspecified atom stereocenters. The minimum Gasteiger partial charge on any atom is -0.310 e. The quantitative estimate of drug-likeness (QED) is 0.0839. The molecule has 0 saturated heterocycles. The smallest absolute Gasteiger partial charge is 0.0540 e. The summed E-state index contributed by atoms with van der Waals surface area (Å²) in [5.41, 5.74) is 35.8. The van der Waals surface area contributed by atoms with Crippen molar-refractivity contribution >= 4 is 67.3 Å². The summed E-state index contributed by atoms with van der Waals surface area (Å²) in [5.74, 6) is 0.518. The van der Waals surface area contributed by atoms with Crippen LogP contribution in [0.3, 0.4) is 0 Å². The van der Waals surface area contributed by atoms with Crippen molar-refractivity contribution in [2.75, 3.05) is 9.80 Å². The van der Waals surface area contributed by atoms with Gasteiger partial charge in [-0.3, -0.25) is 0 Å². The molecule has 0 bridgehead atoms. The van der Waals surface area contributed by atoms with Gasteiger partial charge in [-0.2, -0.15) is 0 Å². The number of rotatable bonds is 17. The molecule has 18 rings (SSSR count). The number of aryl methyl sites for hydroxylation is 3. The van der Waals surface area contributed by atoms with Crippen LogP contribution in [0, 0.1) is 26.7 Å². The molecule has 0 heterocycles. The van der Waals surface area contributed by atoms with Crippen LogP contribution < -0.4 is 9.80 Å². The molecular formula is C104H86N2. The molecule has 2 nitrogen and oxygen atoms in total. The van der Waals surface area contributed by atoms with Crippen molar-refractivity contribution in [2.45, 2.75) is 83.5 Å². The highest BCUT2D eigenvalue weighted by Crippen LogP contribution is 2.62. The van der Waals surface area contributed by atoms with Crippen molar-refractivity contribution in [2.24, 2.45) is 5.92 Å². The molecule has 4 aliphatic carbocycles. The highest BCUT2D eigenvalue weighted by molar-refractivity contribution is 6.13. The second-order valence-electron chi connectivity index (χ2n) is 30.1. The van der Waals surface area contributed by atoms with E-state index in [-0.39, 0.29) is 5.41 Å². The van der Waals surface area contributed by atoms with Gasteiger partial charge in [0.15, 0.2) is 0 Å². The number of anilines is 6. The molecule has 106 heavy (non-hydrogen) atoms. The van der Waals surface area contributed by atoms with E-state index in [1.807, 2.05) is 6.08 Å². The lowest BCUT2D eigenvalue weighted by Crippen LogP contribution is -2.31. The standard InChI is InChI=1S/C104H86N2/c1-7-73-37-41-75(42-38-73)67-103(81-49-34-69(3)35-50-81)96-32-20-19-29-90(96)91-57-55-84(65-98(91)103)105(82-51-45-79(46-52-82)77-23-11-9-12-24-77)100-62-59-88(86-27-15-17-30-92(86)100)89-60-63-101(93-31-18-16-28-87(89)93)106(83-53-47-80(48-54-83)78-25-13-10-14-26-78)85-56-58-94-99(66-85)104(95-61-36-70(4)64-72(95)6,97-33-21-22-71(5)102(94)97)68-76-43-39-74(8-2)40-44-76/h7-20,22-32,34-38,41-43,45-66,74H,1-2,21,33,39-40,44,67-68H2,3-6H3. The van der Waals surface area contributed by atoms with Crippen molar-refractivity contribution in [3.63, 3.8) is 0 Å². The van der Waals surface area contributed by atoms with Crippen LogP contribution in [-0.4, -0.2) is 0 Å². The summed E-state index contributed by atoms with van der Waals surface area (Å²) in [4.78, 5) is 5.08. The molecule has 14 aromatic rings. The first-order valence-electron chi connectivity index (χ1n) is 38.0. The lowest BCUT2D eigenvalue weighted by atomic mass is 9.64. The van der Waals surface area contributed by atoms with Crippen LogP contribution in [0.5, 0.6) is 0 Å². The van der Waals surface area contributed by atoms with Gasteiger partial charge in [0.1, 0.15) is 0 Å². The van der Waals surface area contributed by atoms with Gasteiger partial charge < -0.3 is 9.80 Å². The second-order valence-corrected chi connectivity index (χ2v) is 30.1. The number of hydrogen-bond acceptors (Lipinski definition) is 2. The van der Waals surface area contributed by atoms with Gasteiger partial charge in [-0.25, -0.2) is 0 Å². The zero-order chi connectivity index (χ0) is 71.6. The Kier molecular flexibility index (Phi) is 16.9. The van der Waals surface area contributed by atoms with Crippen LogP contribution in [0.15, 0.2) is 357 Å². The van der Waals surface area contributed by atoms with E-state index in [4.69, 9.17) is 0 Å². The Labute approximate surface area is 625 Å². The first-order chi connectivity index (χ1) is 52.1. The fourth-order valence-electron chi connectivity index (χ4n) is 18.8. The van der Waals surface area contributed by atoms with E-state index in [1.54, 1.807) is 11.1 Å². The molecule has 0 aromatic heterocycles. The summed E-state index contributed by atoms with van der Waals surface area (Å²) in [6, 6.07) is 117. The predicted octanol–water partition coefficient (Wildman–Crippen LogP) is 28.2. The Hall–Kier alpha value is -12.1. The predicted molar refractivity (Wildman–Crippen MR) is 451 cm³/mol. The summed E-state index contributed by atoms with van der Waals surface area (Å²) in [6.07, 6.45) is 16.3. The van der Waals surface area contributed by atoms with Crippen LogP contribution in [-0.2, 0) is 17.3 Å². The normalized spacial score (nSPS) is 17.1. The van der Waals surface area contributed by atoms with E-state index in [0.717, 1.165) is 90.0 Å². The summed E-state index contributed by atoms with van der Waals surface area (Å²) >= 11 is 0. The molecule has 0 amide bonds. The topological polar surface area (TPSA) is 6.48 Å². The zero-order valence-corrected chi connectivity index (χ0v) is 61.1. The van der Waals surface area contributed by atoms with Crippen molar-refractivity contribution in [1.82, 2.24) is 0 Å². The van der Waals surface area contributed by atoms with Gasteiger partial charge in [0, 0.05) is 38.9 Å². The molecular weight excluding hydrogens is 1280 g/mol. The molecule has 512 valence electrons. The van der Waals surface area contributed by atoms with Crippen LogP contribution in [0.25, 0.3) is 77.7 Å². The number of benzene rings is 14. The van der Waals surface area contributed by atoms with Gasteiger partial charge in [-0.15, -0.1) is 6.58 Å². The van der Waals surface area contributed by atoms with Gasteiger partial charge in [0.25, 0.3) is 0 Å². The molecule has 14 aromatic carbocycles. The zero-order valence-electron chi connectivity index (χ0n) is 61.1. The SMILES string of the molecule is C=Cc1ccc(CC2(c3ccc(C)cc3)c3ccccc3-c3ccc(N(c4ccc(-c5ccccc5)cc4)c4ccc(-c5ccc(N(c6ccc(-c7ccccc7)cc6)c6ccc7c(c6)C(CC6=CCC(C=C)CC6)(c6ccc(C)cc6C)C6=C7C(C)=CCC6)c6ccccc56)c5ccccc45)cc32)cc1. The van der Waals surface area contributed by atoms with E-state index in [1.165, 1.54) is 127 Å². The maximum Gasteiger partial charge on any atom is 0.0540 e. The largest absolute Gasteiger partial charge is 0.310 e. The monoisotopic (exact) mass is 1360 g/mol. The number of fused-ring (bicyclic) bond motifs is 7. The fraction of sp³-hybridized carbons (Fsp3) is 0.135. The number of allylic oxidation sites excluding steroid dienone is 7. The van der Waals surface area contributed by atoms with Crippen LogP contribution in [0.4, 0.5) is 34.1 Å². The van der Waals surface area contributed by atoms with Crippen molar-refractivity contribution in [3.05, 3.63) is 419 Å². The first kappa shape index (κ1) is 65.9. The van der Waals surface area contributed by atoms with Gasteiger partial charge in [0.05, 0.1) is 16.8 Å². The lowest BCUT2D eigenvalue weighted by molar-refractivity contribution is 0.512. The Morgan fingerprint density at radius 1 is 0.387 bits per heavy atom. The number of nitrogens with zero attached hydrogens (tertiary/aromatic N) is 2. The van der Waals surface area contributed by atoms with Crippen molar-refractivity contribution in [3.8, 4) is 44.5 Å². The van der Waals surface area contributed by atoms with Crippen LogP contribution in [0.1, 0.15) is 107 Å². The third kappa shape index (κ3) is 11.2. The van der Waals surface area contributed by atoms with Gasteiger partial charge >= 0.3 is 0 Å². The molecule has 0 radical (unpaired) electrons. The van der Waals surface area contributed by atoms with E-state index >= 15 is 0 Å². The lowest BCUT2D eigenvalue weighted by Gasteiger charge is -2.39. The second kappa shape index (κ2) is 27.2. The van der Waals surface area contributed by atoms with E-state index < -0.39 is 5.41 Å². The highest BCUT2D eigenvalue weighted by atomic mass is 15.2. The van der Waals surface area contributed by atoms with Crippen molar-refractivity contribution < 1.29 is 0 Å². The Morgan fingerprint density at radius 2 is 0.896 bits per heavy atom. The third-order valence-corrected chi connectivity index (χ3v) is 23.9. The minimum absolute atomic E-state index is 0.360.